The quantitative estimate of drug-likeness (QED) is 0.382. The zero-order valence-electron chi connectivity index (χ0n) is 7.45. The molecule has 0 amide bonds. The summed E-state index contributed by atoms with van der Waals surface area (Å²) >= 11 is 0. The van der Waals surface area contributed by atoms with Crippen LogP contribution in [0.5, 0.6) is 0 Å². The van der Waals surface area contributed by atoms with Crippen LogP contribution in [0.3, 0.4) is 0 Å². The van der Waals surface area contributed by atoms with Gasteiger partial charge in [0.05, 0.1) is 6.92 Å². The minimum atomic E-state index is -0.152. The highest BCUT2D eigenvalue weighted by Crippen LogP contribution is 1.92. The molecule has 0 spiro atoms. The molecule has 0 unspecified atom stereocenters. The van der Waals surface area contributed by atoms with E-state index in [4.69, 9.17) is 0 Å². The summed E-state index contributed by atoms with van der Waals surface area (Å²) in [6.45, 7) is 2.86. The van der Waals surface area contributed by atoms with Gasteiger partial charge in [-0.3, -0.25) is 4.79 Å². The molecule has 0 aliphatic rings. The molecule has 1 aromatic heterocycles. The molecule has 13 heavy (non-hydrogen) atoms. The Morgan fingerprint density at radius 1 is 1.23 bits per heavy atom. The molecular weight excluding hydrogens is 190 g/mol. The normalized spacial score (nSPS) is 8.77. The number of rotatable bonds is 1. The van der Waals surface area contributed by atoms with Gasteiger partial charge in [-0.25, -0.2) is 4.79 Å². The molecule has 0 radical (unpaired) electrons. The Morgan fingerprint density at radius 3 is 2.23 bits per heavy atom. The van der Waals surface area contributed by atoms with Crippen LogP contribution in [0.2, 0.25) is 0 Å². The average Bonchev–Trinajstić information content (AvgIpc) is 2.04. The smallest absolute Gasteiger partial charge is 0.389 e. The topological polar surface area (TPSA) is 38.0 Å². The third kappa shape index (κ3) is 2.63. The summed E-state index contributed by atoms with van der Waals surface area (Å²) in [5, 5.41) is 0. The second kappa shape index (κ2) is 4.72. The Balaban J connectivity index is 0.00000144. The van der Waals surface area contributed by atoms with E-state index in [0.717, 1.165) is 0 Å². The number of hydrogen-bond donors (Lipinski definition) is 0. The molecule has 1 heterocycles. The highest BCUT2D eigenvalue weighted by atomic mass is 35.5. The first kappa shape index (κ1) is 11.8. The molecule has 4 heteroatoms. The molecule has 1 aromatic rings. The number of carbonyl (C=O) groups is 2. The van der Waals surface area contributed by atoms with E-state index in [1.165, 1.54) is 18.4 Å². The van der Waals surface area contributed by atoms with Crippen LogP contribution in [0, 0.1) is 0 Å². The lowest BCUT2D eigenvalue weighted by atomic mass is 10.2. The number of pyridine rings is 1. The van der Waals surface area contributed by atoms with Crippen LogP contribution in [0.15, 0.2) is 24.4 Å². The number of halogens is 1. The predicted octanol–water partition coefficient (Wildman–Crippen LogP) is -2.16. The van der Waals surface area contributed by atoms with Crippen LogP contribution in [0.1, 0.15) is 29.1 Å². The van der Waals surface area contributed by atoms with Crippen LogP contribution < -0.4 is 17.0 Å². The van der Waals surface area contributed by atoms with Crippen molar-refractivity contribution < 1.29 is 26.6 Å². The Hall–Kier alpha value is -1.22. The van der Waals surface area contributed by atoms with Gasteiger partial charge in [0.25, 0.3) is 5.69 Å². The van der Waals surface area contributed by atoms with Crippen molar-refractivity contribution in [3.05, 3.63) is 30.1 Å². The predicted molar refractivity (Wildman–Crippen MR) is 42.9 cm³/mol. The summed E-state index contributed by atoms with van der Waals surface area (Å²) in [7, 11) is 0. The summed E-state index contributed by atoms with van der Waals surface area (Å²) in [4.78, 5) is 22.0. The largest absolute Gasteiger partial charge is 1.00 e. The van der Waals surface area contributed by atoms with Crippen molar-refractivity contribution in [1.82, 2.24) is 0 Å². The Bertz CT molecular complexity index is 303. The van der Waals surface area contributed by atoms with Crippen LogP contribution in [0.4, 0.5) is 0 Å². The van der Waals surface area contributed by atoms with Crippen LogP contribution in [0.25, 0.3) is 0 Å². The molecule has 0 N–H and O–H groups in total. The van der Waals surface area contributed by atoms with Crippen molar-refractivity contribution >= 4 is 11.7 Å². The van der Waals surface area contributed by atoms with Gasteiger partial charge in [-0.15, -0.1) is 4.57 Å². The zero-order valence-corrected chi connectivity index (χ0v) is 8.21. The van der Waals surface area contributed by atoms with Crippen molar-refractivity contribution in [1.29, 1.82) is 0 Å². The SMILES string of the molecule is CC(=O)c1cccc[n+]1C(C)=O.[Cl-]. The summed E-state index contributed by atoms with van der Waals surface area (Å²) in [5.74, 6) is -0.258. The van der Waals surface area contributed by atoms with E-state index >= 15 is 0 Å². The van der Waals surface area contributed by atoms with Gasteiger partial charge in [0, 0.05) is 19.1 Å². The lowest BCUT2D eigenvalue weighted by molar-refractivity contribution is -0.575. The number of carbonyl (C=O) groups excluding carboxylic acids is 2. The summed E-state index contributed by atoms with van der Waals surface area (Å²) in [5.41, 5.74) is 0.421. The van der Waals surface area contributed by atoms with Crippen molar-refractivity contribution in [2.24, 2.45) is 0 Å². The van der Waals surface area contributed by atoms with Crippen molar-refractivity contribution in [2.75, 3.05) is 0 Å². The van der Waals surface area contributed by atoms with Crippen molar-refractivity contribution in [3.8, 4) is 0 Å². The van der Waals surface area contributed by atoms with Crippen LogP contribution in [-0.4, -0.2) is 11.7 Å². The Kier molecular flexibility index (Phi) is 4.28. The van der Waals surface area contributed by atoms with Gasteiger partial charge in [0.15, 0.2) is 6.20 Å². The first-order valence-corrected chi connectivity index (χ1v) is 3.65. The van der Waals surface area contributed by atoms with E-state index in [1.54, 1.807) is 24.4 Å². The highest BCUT2D eigenvalue weighted by Gasteiger charge is 2.17. The first-order chi connectivity index (χ1) is 5.63. The van der Waals surface area contributed by atoms with Crippen LogP contribution >= 0.6 is 0 Å². The maximum atomic E-state index is 11.0. The molecule has 0 atom stereocenters. The third-order valence-corrected chi connectivity index (χ3v) is 1.56. The molecule has 0 aromatic carbocycles. The number of ketones is 1. The maximum absolute atomic E-state index is 11.0. The zero-order chi connectivity index (χ0) is 9.14. The lowest BCUT2D eigenvalue weighted by Gasteiger charge is -1.93. The molecular formula is C9H10ClNO2. The van der Waals surface area contributed by atoms with E-state index in [1.807, 2.05) is 0 Å². The van der Waals surface area contributed by atoms with E-state index in [9.17, 15) is 9.59 Å². The van der Waals surface area contributed by atoms with Crippen molar-refractivity contribution in [3.63, 3.8) is 0 Å². The summed E-state index contributed by atoms with van der Waals surface area (Å²) < 4.78 is 1.34. The third-order valence-electron chi connectivity index (χ3n) is 1.56. The minimum absolute atomic E-state index is 0. The van der Waals surface area contributed by atoms with E-state index < -0.39 is 0 Å². The van der Waals surface area contributed by atoms with Gasteiger partial charge < -0.3 is 12.4 Å². The standard InChI is InChI=1S/C9H10NO2.ClH/c1-7(11)9-5-3-4-6-10(9)8(2)12;/h3-6H,1-2H3;1H/q+1;/p-1. The molecule has 0 aliphatic heterocycles. The molecule has 0 aliphatic carbocycles. The molecule has 0 saturated heterocycles. The molecule has 0 bridgehead atoms. The number of nitrogens with zero attached hydrogens (tertiary/aromatic N) is 1. The fourth-order valence-corrected chi connectivity index (χ4v) is 1.00. The Labute approximate surface area is 82.8 Å². The van der Waals surface area contributed by atoms with Gasteiger partial charge >= 0.3 is 5.91 Å². The fraction of sp³-hybridized carbons (Fsp3) is 0.222. The monoisotopic (exact) mass is 199 g/mol. The summed E-state index contributed by atoms with van der Waals surface area (Å²) in [6, 6.07) is 5.08. The van der Waals surface area contributed by atoms with Crippen molar-refractivity contribution in [2.45, 2.75) is 13.8 Å². The first-order valence-electron chi connectivity index (χ1n) is 3.65. The van der Waals surface area contributed by atoms with Gasteiger partial charge in [0.2, 0.25) is 5.78 Å². The van der Waals surface area contributed by atoms with E-state index in [2.05, 4.69) is 0 Å². The number of hydrogen-bond acceptors (Lipinski definition) is 2. The molecule has 0 saturated carbocycles. The van der Waals surface area contributed by atoms with E-state index in [0.29, 0.717) is 5.69 Å². The number of aromatic nitrogens is 1. The Morgan fingerprint density at radius 2 is 1.85 bits per heavy atom. The van der Waals surface area contributed by atoms with Gasteiger partial charge in [0.1, 0.15) is 0 Å². The minimum Gasteiger partial charge on any atom is -1.00 e. The fourth-order valence-electron chi connectivity index (χ4n) is 1.00. The highest BCUT2D eigenvalue weighted by molar-refractivity contribution is 5.91. The lowest BCUT2D eigenvalue weighted by Crippen LogP contribution is -3.00. The van der Waals surface area contributed by atoms with E-state index in [-0.39, 0.29) is 24.1 Å². The maximum Gasteiger partial charge on any atom is 0.389 e. The van der Waals surface area contributed by atoms with Gasteiger partial charge in [-0.1, -0.05) is 0 Å². The second-order valence-electron chi connectivity index (χ2n) is 2.53. The molecule has 70 valence electrons. The molecule has 1 rings (SSSR count). The molecule has 3 nitrogen and oxygen atoms in total. The van der Waals surface area contributed by atoms with Gasteiger partial charge in [-0.05, 0) is 6.07 Å². The summed E-state index contributed by atoms with van der Waals surface area (Å²) in [6.07, 6.45) is 1.58. The van der Waals surface area contributed by atoms with Gasteiger partial charge in [-0.2, -0.15) is 0 Å². The van der Waals surface area contributed by atoms with Crippen LogP contribution in [-0.2, 0) is 0 Å². The number of Topliss-reactive ketones (excluding diaryl/α,β-unsaturated/α-hetero) is 1. The molecule has 0 fully saturated rings. The second-order valence-corrected chi connectivity index (χ2v) is 2.53. The average molecular weight is 200 g/mol.